The molecular weight excluding hydrogens is 432 g/mol. The lowest BCUT2D eigenvalue weighted by molar-refractivity contribution is 1.11. The Bertz CT molecular complexity index is 818. The Morgan fingerprint density at radius 3 is 1.61 bits per heavy atom. The van der Waals surface area contributed by atoms with E-state index in [0.717, 1.165) is 12.8 Å². The number of benzene rings is 2. The number of halogens is 2. The van der Waals surface area contributed by atoms with Crippen LogP contribution in [0.5, 0.6) is 0 Å². The van der Waals surface area contributed by atoms with E-state index in [-0.39, 0.29) is 0 Å². The molecular formula is C20H16Br2S. The molecule has 0 bridgehead atoms. The Kier molecular flexibility index (Phi) is 4.07. The highest BCUT2D eigenvalue weighted by molar-refractivity contribution is 9.10. The number of fused-ring (bicyclic) bond motifs is 2. The van der Waals surface area contributed by atoms with Crippen molar-refractivity contribution in [2.24, 2.45) is 0 Å². The SMILES string of the molecule is CC1=Cc2c(Br)ccc(Sc3ccc(Br)c4c3CC(C)=C4)c2C1. The third kappa shape index (κ3) is 2.77. The molecule has 0 saturated heterocycles. The zero-order valence-corrected chi connectivity index (χ0v) is 17.0. The fraction of sp³-hybridized carbons (Fsp3) is 0.200. The molecule has 3 heteroatoms. The van der Waals surface area contributed by atoms with E-state index in [1.54, 1.807) is 0 Å². The van der Waals surface area contributed by atoms with Gasteiger partial charge in [0.05, 0.1) is 0 Å². The third-order valence-electron chi connectivity index (χ3n) is 4.43. The van der Waals surface area contributed by atoms with Gasteiger partial charge >= 0.3 is 0 Å². The minimum absolute atomic E-state index is 1.06. The molecule has 2 aromatic carbocycles. The first-order valence-corrected chi connectivity index (χ1v) is 10.1. The summed E-state index contributed by atoms with van der Waals surface area (Å²) in [5, 5.41) is 0. The maximum absolute atomic E-state index is 3.69. The molecule has 2 aromatic rings. The molecule has 23 heavy (non-hydrogen) atoms. The van der Waals surface area contributed by atoms with Crippen LogP contribution in [0.4, 0.5) is 0 Å². The molecule has 0 radical (unpaired) electrons. The molecule has 0 N–H and O–H groups in total. The molecule has 4 rings (SSSR count). The van der Waals surface area contributed by atoms with Crippen molar-refractivity contribution < 1.29 is 0 Å². The summed E-state index contributed by atoms with van der Waals surface area (Å²) in [4.78, 5) is 2.76. The van der Waals surface area contributed by atoms with Crippen molar-refractivity contribution in [3.8, 4) is 0 Å². The van der Waals surface area contributed by atoms with Crippen molar-refractivity contribution >= 4 is 55.8 Å². The molecule has 0 aliphatic heterocycles. The summed E-state index contributed by atoms with van der Waals surface area (Å²) in [6.07, 6.45) is 6.74. The average molecular weight is 448 g/mol. The molecule has 0 aromatic heterocycles. The second kappa shape index (κ2) is 5.94. The highest BCUT2D eigenvalue weighted by Crippen LogP contribution is 2.44. The molecule has 2 aliphatic carbocycles. The standard InChI is InChI=1S/C20H16Br2S/c1-11-7-13-15(9-11)19(5-3-17(13)21)23-20-6-4-18(22)14-8-12(2)10-16(14)20/h3-8H,9-10H2,1-2H3. The Labute approximate surface area is 158 Å². The minimum atomic E-state index is 1.06. The van der Waals surface area contributed by atoms with Gasteiger partial charge in [-0.1, -0.05) is 66.9 Å². The highest BCUT2D eigenvalue weighted by Gasteiger charge is 2.21. The monoisotopic (exact) mass is 446 g/mol. The average Bonchev–Trinajstić information content (AvgIpc) is 3.08. The summed E-state index contributed by atoms with van der Waals surface area (Å²) < 4.78 is 2.40. The Hall–Kier alpha value is -0.770. The molecule has 0 amide bonds. The van der Waals surface area contributed by atoms with Gasteiger partial charge in [-0.3, -0.25) is 0 Å². The van der Waals surface area contributed by atoms with E-state index >= 15 is 0 Å². The van der Waals surface area contributed by atoms with E-state index in [0.29, 0.717) is 0 Å². The second-order valence-corrected chi connectivity index (χ2v) is 9.10. The van der Waals surface area contributed by atoms with Crippen LogP contribution in [0.3, 0.4) is 0 Å². The molecule has 116 valence electrons. The fourth-order valence-electron chi connectivity index (χ4n) is 3.37. The van der Waals surface area contributed by atoms with Crippen molar-refractivity contribution in [1.29, 1.82) is 0 Å². The summed E-state index contributed by atoms with van der Waals surface area (Å²) in [6, 6.07) is 8.87. The maximum Gasteiger partial charge on any atom is 0.0251 e. The first kappa shape index (κ1) is 15.7. The summed E-state index contributed by atoms with van der Waals surface area (Å²) in [5.41, 5.74) is 8.51. The van der Waals surface area contributed by atoms with Gasteiger partial charge in [-0.25, -0.2) is 0 Å². The number of allylic oxidation sites excluding steroid dienone is 2. The molecule has 0 nitrogen and oxygen atoms in total. The number of rotatable bonds is 2. The Morgan fingerprint density at radius 1 is 0.739 bits per heavy atom. The number of hydrogen-bond acceptors (Lipinski definition) is 1. The lowest BCUT2D eigenvalue weighted by Crippen LogP contribution is -1.92. The van der Waals surface area contributed by atoms with Gasteiger partial charge in [-0.15, -0.1) is 0 Å². The van der Waals surface area contributed by atoms with Crippen LogP contribution in [-0.4, -0.2) is 0 Å². The maximum atomic E-state index is 3.69. The molecule has 0 spiro atoms. The highest BCUT2D eigenvalue weighted by atomic mass is 79.9. The van der Waals surface area contributed by atoms with Gasteiger partial charge < -0.3 is 0 Å². The van der Waals surface area contributed by atoms with Gasteiger partial charge in [0, 0.05) is 18.7 Å². The van der Waals surface area contributed by atoms with Crippen LogP contribution in [0.1, 0.15) is 36.1 Å². The smallest absolute Gasteiger partial charge is 0.0251 e. The van der Waals surface area contributed by atoms with E-state index in [2.05, 4.69) is 82.1 Å². The molecule has 0 saturated carbocycles. The van der Waals surface area contributed by atoms with Crippen LogP contribution < -0.4 is 0 Å². The van der Waals surface area contributed by atoms with E-state index in [4.69, 9.17) is 0 Å². The zero-order chi connectivity index (χ0) is 16.1. The van der Waals surface area contributed by atoms with Crippen molar-refractivity contribution in [2.45, 2.75) is 36.5 Å². The largest absolute Gasteiger partial charge is 0.0895 e. The van der Waals surface area contributed by atoms with Gasteiger partial charge in [-0.05, 0) is 73.2 Å². The van der Waals surface area contributed by atoms with E-state index in [1.165, 1.54) is 52.1 Å². The number of hydrogen-bond donors (Lipinski definition) is 0. The predicted octanol–water partition coefficient (Wildman–Crippen LogP) is 7.28. The summed E-state index contributed by atoms with van der Waals surface area (Å²) >= 11 is 9.30. The van der Waals surface area contributed by atoms with Crippen LogP contribution >= 0.6 is 43.6 Å². The summed E-state index contributed by atoms with van der Waals surface area (Å²) in [6.45, 7) is 4.43. The lowest BCUT2D eigenvalue weighted by atomic mass is 10.1. The minimum Gasteiger partial charge on any atom is -0.0895 e. The topological polar surface area (TPSA) is 0 Å². The van der Waals surface area contributed by atoms with Crippen molar-refractivity contribution in [3.05, 3.63) is 66.6 Å². The van der Waals surface area contributed by atoms with Crippen molar-refractivity contribution in [1.82, 2.24) is 0 Å². The second-order valence-electron chi connectivity index (χ2n) is 6.31. The Balaban J connectivity index is 1.76. The van der Waals surface area contributed by atoms with E-state index in [1.807, 2.05) is 11.8 Å². The first-order chi connectivity index (χ1) is 11.0. The van der Waals surface area contributed by atoms with Gasteiger partial charge in [0.15, 0.2) is 0 Å². The van der Waals surface area contributed by atoms with Crippen LogP contribution in [0.2, 0.25) is 0 Å². The lowest BCUT2D eigenvalue weighted by Gasteiger charge is -2.13. The molecule has 0 fully saturated rings. The van der Waals surface area contributed by atoms with Gasteiger partial charge in [0.2, 0.25) is 0 Å². The van der Waals surface area contributed by atoms with Gasteiger partial charge in [-0.2, -0.15) is 0 Å². The quantitative estimate of drug-likeness (QED) is 0.465. The van der Waals surface area contributed by atoms with Crippen LogP contribution in [-0.2, 0) is 12.8 Å². The summed E-state index contributed by atoms with van der Waals surface area (Å²) in [5.74, 6) is 0. The van der Waals surface area contributed by atoms with E-state index in [9.17, 15) is 0 Å². The van der Waals surface area contributed by atoms with Gasteiger partial charge in [0.1, 0.15) is 0 Å². The molecule has 2 aliphatic rings. The summed E-state index contributed by atoms with van der Waals surface area (Å²) in [7, 11) is 0. The van der Waals surface area contributed by atoms with Crippen molar-refractivity contribution in [2.75, 3.05) is 0 Å². The predicted molar refractivity (Wildman–Crippen MR) is 107 cm³/mol. The molecule has 0 heterocycles. The fourth-order valence-corrected chi connectivity index (χ4v) is 5.46. The zero-order valence-electron chi connectivity index (χ0n) is 13.0. The molecule has 0 unspecified atom stereocenters. The molecule has 0 atom stereocenters. The van der Waals surface area contributed by atoms with Gasteiger partial charge in [0.25, 0.3) is 0 Å². The van der Waals surface area contributed by atoms with E-state index < -0.39 is 0 Å². The van der Waals surface area contributed by atoms with Crippen molar-refractivity contribution in [3.63, 3.8) is 0 Å². The van der Waals surface area contributed by atoms with Crippen LogP contribution in [0.25, 0.3) is 12.2 Å². The third-order valence-corrected chi connectivity index (χ3v) is 7.02. The Morgan fingerprint density at radius 2 is 1.17 bits per heavy atom. The normalized spacial score (nSPS) is 15.3. The van der Waals surface area contributed by atoms with Crippen LogP contribution in [0, 0.1) is 0 Å². The van der Waals surface area contributed by atoms with Crippen LogP contribution in [0.15, 0.2) is 54.1 Å². The first-order valence-electron chi connectivity index (χ1n) is 7.68.